The number of benzene rings is 2. The van der Waals surface area contributed by atoms with Gasteiger partial charge in [0, 0.05) is 51.9 Å². The summed E-state index contributed by atoms with van der Waals surface area (Å²) in [5.74, 6) is -2.95. The van der Waals surface area contributed by atoms with Gasteiger partial charge in [-0.25, -0.2) is 13.2 Å². The number of morpholine rings is 1. The molecule has 32 heavy (non-hydrogen) atoms. The van der Waals surface area contributed by atoms with Crippen LogP contribution in [0.4, 0.5) is 13.2 Å². The first-order chi connectivity index (χ1) is 15.4. The minimum Gasteiger partial charge on any atom is -0.373 e. The molecule has 2 aromatic rings. The molecule has 0 aromatic heterocycles. The second-order valence-corrected chi connectivity index (χ2v) is 7.94. The smallest absolute Gasteiger partial charge is 0.257 e. The number of nitrogens with zero attached hydrogens (tertiary/aromatic N) is 3. The molecule has 2 aliphatic rings. The fraction of sp³-hybridized carbons (Fsp3) is 0.391. The molecule has 1 atom stereocenters. The van der Waals surface area contributed by atoms with Crippen LogP contribution >= 0.6 is 0 Å². The second-order valence-electron chi connectivity index (χ2n) is 7.94. The first kappa shape index (κ1) is 22.3. The molecule has 0 saturated carbocycles. The fourth-order valence-corrected chi connectivity index (χ4v) is 4.07. The van der Waals surface area contributed by atoms with Crippen LogP contribution in [0.5, 0.6) is 0 Å². The topological polar surface area (TPSA) is 53.1 Å². The quantitative estimate of drug-likeness (QED) is 0.723. The lowest BCUT2D eigenvalue weighted by molar-refractivity contribution is -0.0401. The lowest BCUT2D eigenvalue weighted by atomic mass is 10.1. The van der Waals surface area contributed by atoms with Crippen molar-refractivity contribution in [2.24, 2.45) is 0 Å². The molecule has 2 aromatic carbocycles. The van der Waals surface area contributed by atoms with E-state index in [2.05, 4.69) is 4.90 Å². The molecular formula is C23H24F3N3O3. The zero-order chi connectivity index (χ0) is 22.7. The van der Waals surface area contributed by atoms with E-state index in [1.54, 1.807) is 17.0 Å². The summed E-state index contributed by atoms with van der Waals surface area (Å²) in [6.07, 6.45) is -0.259. The van der Waals surface area contributed by atoms with Crippen molar-refractivity contribution in [3.63, 3.8) is 0 Å². The van der Waals surface area contributed by atoms with E-state index in [0.29, 0.717) is 58.5 Å². The molecular weight excluding hydrogens is 423 g/mol. The van der Waals surface area contributed by atoms with Crippen molar-refractivity contribution in [3.05, 3.63) is 71.0 Å². The maximum Gasteiger partial charge on any atom is 0.257 e. The molecule has 9 heteroatoms. The Hall–Kier alpha value is -2.91. The minimum absolute atomic E-state index is 0.0683. The molecule has 2 aliphatic heterocycles. The van der Waals surface area contributed by atoms with E-state index < -0.39 is 23.4 Å². The highest BCUT2D eigenvalue weighted by atomic mass is 19.1. The van der Waals surface area contributed by atoms with Gasteiger partial charge in [-0.2, -0.15) is 0 Å². The van der Waals surface area contributed by atoms with Gasteiger partial charge in [0.2, 0.25) is 0 Å². The van der Waals surface area contributed by atoms with Crippen LogP contribution in [-0.2, 0) is 4.74 Å². The number of carbonyl (C=O) groups excluding carboxylic acids is 2. The zero-order valence-corrected chi connectivity index (χ0v) is 17.5. The van der Waals surface area contributed by atoms with Crippen molar-refractivity contribution < 1.29 is 27.5 Å². The fourth-order valence-electron chi connectivity index (χ4n) is 4.07. The van der Waals surface area contributed by atoms with Crippen molar-refractivity contribution >= 4 is 11.8 Å². The predicted molar refractivity (Wildman–Crippen MR) is 111 cm³/mol. The Morgan fingerprint density at radius 1 is 0.844 bits per heavy atom. The summed E-state index contributed by atoms with van der Waals surface area (Å²) in [5, 5.41) is 0. The largest absolute Gasteiger partial charge is 0.373 e. The average Bonchev–Trinajstić information content (AvgIpc) is 2.79. The molecule has 1 unspecified atom stereocenters. The molecule has 0 bridgehead atoms. The number of hydrogen-bond donors (Lipinski definition) is 0. The summed E-state index contributed by atoms with van der Waals surface area (Å²) < 4.78 is 46.8. The maximum absolute atomic E-state index is 14.0. The van der Waals surface area contributed by atoms with Gasteiger partial charge in [-0.1, -0.05) is 12.1 Å². The normalized spacial score (nSPS) is 19.8. The molecule has 2 amide bonds. The van der Waals surface area contributed by atoms with Crippen molar-refractivity contribution in [2.75, 3.05) is 52.4 Å². The molecule has 4 rings (SSSR count). The molecule has 0 aliphatic carbocycles. The zero-order valence-electron chi connectivity index (χ0n) is 17.5. The minimum atomic E-state index is -0.881. The van der Waals surface area contributed by atoms with Gasteiger partial charge in [0.05, 0.1) is 23.8 Å². The van der Waals surface area contributed by atoms with E-state index in [-0.39, 0.29) is 23.1 Å². The molecule has 6 nitrogen and oxygen atoms in total. The van der Waals surface area contributed by atoms with Gasteiger partial charge in [0.15, 0.2) is 0 Å². The van der Waals surface area contributed by atoms with Crippen LogP contribution in [0.3, 0.4) is 0 Å². The number of rotatable bonds is 4. The van der Waals surface area contributed by atoms with Gasteiger partial charge in [-0.15, -0.1) is 0 Å². The highest BCUT2D eigenvalue weighted by molar-refractivity contribution is 5.95. The van der Waals surface area contributed by atoms with Crippen LogP contribution < -0.4 is 0 Å². The van der Waals surface area contributed by atoms with E-state index in [1.165, 1.54) is 17.0 Å². The molecule has 170 valence electrons. The number of hydrogen-bond acceptors (Lipinski definition) is 4. The maximum atomic E-state index is 14.0. The Balaban J connectivity index is 1.30. The van der Waals surface area contributed by atoms with Crippen LogP contribution in [0.15, 0.2) is 42.5 Å². The molecule has 2 saturated heterocycles. The van der Waals surface area contributed by atoms with Crippen LogP contribution in [0.2, 0.25) is 0 Å². The van der Waals surface area contributed by atoms with Crippen LogP contribution in [0.1, 0.15) is 20.7 Å². The summed E-state index contributed by atoms with van der Waals surface area (Å²) in [5.41, 5.74) is -0.0916. The van der Waals surface area contributed by atoms with Gasteiger partial charge in [-0.05, 0) is 24.3 Å². The average molecular weight is 447 g/mol. The number of ether oxygens (including phenoxy) is 1. The second kappa shape index (κ2) is 9.70. The summed E-state index contributed by atoms with van der Waals surface area (Å²) in [7, 11) is 0. The van der Waals surface area contributed by atoms with Crippen LogP contribution in [0, 0.1) is 17.5 Å². The Kier molecular flexibility index (Phi) is 6.76. The third-order valence-corrected chi connectivity index (χ3v) is 5.81. The monoisotopic (exact) mass is 447 g/mol. The summed E-state index contributed by atoms with van der Waals surface area (Å²) in [4.78, 5) is 30.5. The molecule has 0 N–H and O–H groups in total. The lowest BCUT2D eigenvalue weighted by Crippen LogP contribution is -2.54. The predicted octanol–water partition coefficient (Wildman–Crippen LogP) is 2.40. The van der Waals surface area contributed by atoms with Crippen LogP contribution in [-0.4, -0.2) is 85.0 Å². The summed E-state index contributed by atoms with van der Waals surface area (Å²) in [6.45, 7) is 3.62. The highest BCUT2D eigenvalue weighted by Crippen LogP contribution is 2.17. The Morgan fingerprint density at radius 2 is 1.53 bits per heavy atom. The van der Waals surface area contributed by atoms with E-state index in [9.17, 15) is 22.8 Å². The van der Waals surface area contributed by atoms with E-state index in [1.807, 2.05) is 0 Å². The molecule has 2 heterocycles. The lowest BCUT2D eigenvalue weighted by Gasteiger charge is -2.39. The Bertz CT molecular complexity index is 995. The third-order valence-electron chi connectivity index (χ3n) is 5.81. The Labute approximate surface area is 184 Å². The van der Waals surface area contributed by atoms with Gasteiger partial charge in [0.25, 0.3) is 11.8 Å². The molecule has 0 radical (unpaired) electrons. The number of amides is 2. The van der Waals surface area contributed by atoms with Gasteiger partial charge in [-0.3, -0.25) is 14.5 Å². The van der Waals surface area contributed by atoms with E-state index in [0.717, 1.165) is 12.1 Å². The van der Waals surface area contributed by atoms with E-state index >= 15 is 0 Å². The van der Waals surface area contributed by atoms with Crippen molar-refractivity contribution in [1.29, 1.82) is 0 Å². The summed E-state index contributed by atoms with van der Waals surface area (Å²) in [6, 6.07) is 8.86. The van der Waals surface area contributed by atoms with Gasteiger partial charge >= 0.3 is 0 Å². The number of carbonyl (C=O) groups is 2. The first-order valence-electron chi connectivity index (χ1n) is 10.5. The SMILES string of the molecule is O=C(c1ccccc1F)N1CCN(CC2CN(C(=O)c3ccc(F)cc3F)CCO2)CC1. The van der Waals surface area contributed by atoms with Gasteiger partial charge in [0.1, 0.15) is 17.5 Å². The van der Waals surface area contributed by atoms with Crippen molar-refractivity contribution in [2.45, 2.75) is 6.10 Å². The number of halogens is 3. The first-order valence-corrected chi connectivity index (χ1v) is 10.5. The molecule has 2 fully saturated rings. The third kappa shape index (κ3) is 4.94. The number of piperazine rings is 1. The molecule has 0 spiro atoms. The van der Waals surface area contributed by atoms with E-state index in [4.69, 9.17) is 4.74 Å². The van der Waals surface area contributed by atoms with Crippen molar-refractivity contribution in [1.82, 2.24) is 14.7 Å². The highest BCUT2D eigenvalue weighted by Gasteiger charge is 2.30. The van der Waals surface area contributed by atoms with Gasteiger partial charge < -0.3 is 14.5 Å². The standard InChI is InChI=1S/C23H24F3N3O3/c24-16-5-6-19(21(26)13-16)23(31)29-11-12-32-17(15-29)14-27-7-9-28(10-8-27)22(30)18-3-1-2-4-20(18)25/h1-6,13,17H,7-12,14-15H2. The Morgan fingerprint density at radius 3 is 2.25 bits per heavy atom. The van der Waals surface area contributed by atoms with Crippen molar-refractivity contribution in [3.8, 4) is 0 Å². The van der Waals surface area contributed by atoms with Crippen LogP contribution in [0.25, 0.3) is 0 Å². The summed E-state index contributed by atoms with van der Waals surface area (Å²) >= 11 is 0.